The van der Waals surface area contributed by atoms with Crippen LogP contribution in [0.5, 0.6) is 0 Å². The first kappa shape index (κ1) is 8.56. The zero-order valence-electron chi connectivity index (χ0n) is 7.62. The van der Waals surface area contributed by atoms with E-state index in [-0.39, 0.29) is 5.56 Å². The topological polar surface area (TPSA) is 49.8 Å². The Morgan fingerprint density at radius 1 is 1.62 bits per heavy atom. The van der Waals surface area contributed by atoms with Gasteiger partial charge in [0, 0.05) is 18.8 Å². The Labute approximate surface area is 76.9 Å². The van der Waals surface area contributed by atoms with E-state index >= 15 is 0 Å². The molecule has 4 nitrogen and oxygen atoms in total. The normalized spacial score (nSPS) is 23.2. The minimum atomic E-state index is 0.0746. The first-order valence-corrected chi connectivity index (χ1v) is 4.81. The highest BCUT2D eigenvalue weighted by Gasteiger charge is 2.13. The van der Waals surface area contributed by atoms with Gasteiger partial charge in [-0.2, -0.15) is 0 Å². The molecule has 2 rings (SSSR count). The Morgan fingerprint density at radius 3 is 3.15 bits per heavy atom. The van der Waals surface area contributed by atoms with Crippen molar-refractivity contribution in [2.45, 2.75) is 19.4 Å². The Morgan fingerprint density at radius 2 is 2.54 bits per heavy atom. The van der Waals surface area contributed by atoms with Gasteiger partial charge >= 0.3 is 0 Å². The molecular weight excluding hydrogens is 166 g/mol. The molecule has 0 unspecified atom stereocenters. The van der Waals surface area contributed by atoms with Gasteiger partial charge in [-0.15, -0.1) is 0 Å². The predicted octanol–water partition coefficient (Wildman–Crippen LogP) is 0.176. The van der Waals surface area contributed by atoms with Crippen LogP contribution in [0.1, 0.15) is 12.8 Å². The van der Waals surface area contributed by atoms with Gasteiger partial charge in [-0.1, -0.05) is 0 Å². The van der Waals surface area contributed by atoms with E-state index in [1.54, 1.807) is 16.9 Å². The number of nitrogens with zero attached hydrogens (tertiary/aromatic N) is 1. The standard InChI is InChI=1S/C9H15N3O/c13-9-3-5-11-12(9)7-8-2-1-4-10-6-8/h3,5,8,10-11H,1-2,4,6-7H2/t8-/m1/s1. The van der Waals surface area contributed by atoms with E-state index in [0.29, 0.717) is 5.92 Å². The van der Waals surface area contributed by atoms with Crippen molar-refractivity contribution < 1.29 is 0 Å². The third-order valence-electron chi connectivity index (χ3n) is 2.56. The van der Waals surface area contributed by atoms with Gasteiger partial charge in [-0.25, -0.2) is 0 Å². The summed E-state index contributed by atoms with van der Waals surface area (Å²) in [5.41, 5.74) is 0.0746. The molecule has 0 spiro atoms. The summed E-state index contributed by atoms with van der Waals surface area (Å²) in [6, 6.07) is 1.57. The zero-order valence-corrected chi connectivity index (χ0v) is 7.62. The van der Waals surface area contributed by atoms with Crippen LogP contribution in [0.25, 0.3) is 0 Å². The second-order valence-corrected chi connectivity index (χ2v) is 3.62. The fourth-order valence-electron chi connectivity index (χ4n) is 1.83. The van der Waals surface area contributed by atoms with Crippen molar-refractivity contribution in [3.63, 3.8) is 0 Å². The van der Waals surface area contributed by atoms with E-state index < -0.39 is 0 Å². The largest absolute Gasteiger partial charge is 0.316 e. The van der Waals surface area contributed by atoms with Gasteiger partial charge in [-0.05, 0) is 31.8 Å². The molecule has 0 aromatic carbocycles. The molecule has 4 heteroatoms. The molecule has 1 aromatic heterocycles. The first-order valence-electron chi connectivity index (χ1n) is 4.81. The summed E-state index contributed by atoms with van der Waals surface area (Å²) in [4.78, 5) is 11.2. The van der Waals surface area contributed by atoms with Gasteiger partial charge in [0.25, 0.3) is 5.56 Å². The van der Waals surface area contributed by atoms with Gasteiger partial charge in [0.05, 0.1) is 0 Å². The highest BCUT2D eigenvalue weighted by Crippen LogP contribution is 2.10. The summed E-state index contributed by atoms with van der Waals surface area (Å²) in [6.45, 7) is 2.97. The van der Waals surface area contributed by atoms with Gasteiger partial charge in [0.1, 0.15) is 0 Å². The molecule has 1 fully saturated rings. The van der Waals surface area contributed by atoms with Crippen LogP contribution in [0.4, 0.5) is 0 Å². The smallest absolute Gasteiger partial charge is 0.266 e. The number of aromatic amines is 1. The number of hydrogen-bond donors (Lipinski definition) is 2. The molecule has 72 valence electrons. The molecule has 2 heterocycles. The number of rotatable bonds is 2. The number of piperidine rings is 1. The molecule has 2 N–H and O–H groups in total. The molecule has 0 bridgehead atoms. The van der Waals surface area contributed by atoms with E-state index in [1.165, 1.54) is 12.8 Å². The Balaban J connectivity index is 1.97. The van der Waals surface area contributed by atoms with E-state index in [4.69, 9.17) is 0 Å². The summed E-state index contributed by atoms with van der Waals surface area (Å²) in [7, 11) is 0. The lowest BCUT2D eigenvalue weighted by atomic mass is 10.00. The molecular formula is C9H15N3O. The Kier molecular flexibility index (Phi) is 2.49. The van der Waals surface area contributed by atoms with Crippen molar-refractivity contribution in [1.29, 1.82) is 0 Å². The summed E-state index contributed by atoms with van der Waals surface area (Å²) in [6.07, 6.45) is 4.14. The average Bonchev–Trinajstić information content (AvgIpc) is 2.54. The van der Waals surface area contributed by atoms with Gasteiger partial charge in [0.15, 0.2) is 0 Å². The van der Waals surface area contributed by atoms with Crippen LogP contribution in [-0.4, -0.2) is 22.9 Å². The average molecular weight is 181 g/mol. The molecule has 1 atom stereocenters. The number of nitrogens with one attached hydrogen (secondary N) is 2. The minimum absolute atomic E-state index is 0.0746. The maximum absolute atomic E-state index is 11.2. The van der Waals surface area contributed by atoms with Crippen molar-refractivity contribution in [3.8, 4) is 0 Å². The van der Waals surface area contributed by atoms with Crippen LogP contribution in [0.2, 0.25) is 0 Å². The lowest BCUT2D eigenvalue weighted by molar-refractivity contribution is 0.322. The molecule has 13 heavy (non-hydrogen) atoms. The minimum Gasteiger partial charge on any atom is -0.316 e. The Hall–Kier alpha value is -1.03. The van der Waals surface area contributed by atoms with E-state index in [1.807, 2.05) is 0 Å². The molecule has 0 radical (unpaired) electrons. The SMILES string of the molecule is O=c1cc[nH]n1C[C@@H]1CCCNC1. The Bertz CT molecular complexity index is 309. The second-order valence-electron chi connectivity index (χ2n) is 3.62. The summed E-state index contributed by atoms with van der Waals surface area (Å²) < 4.78 is 1.68. The highest BCUT2D eigenvalue weighted by atomic mass is 16.1. The second kappa shape index (κ2) is 3.79. The summed E-state index contributed by atoms with van der Waals surface area (Å²) >= 11 is 0. The monoisotopic (exact) mass is 181 g/mol. The van der Waals surface area contributed by atoms with Gasteiger partial charge < -0.3 is 10.4 Å². The van der Waals surface area contributed by atoms with Crippen molar-refractivity contribution in [3.05, 3.63) is 22.6 Å². The highest BCUT2D eigenvalue weighted by molar-refractivity contribution is 4.81. The molecule has 1 aliphatic rings. The van der Waals surface area contributed by atoms with Gasteiger partial charge in [0.2, 0.25) is 0 Å². The lowest BCUT2D eigenvalue weighted by Crippen LogP contribution is -2.34. The number of hydrogen-bond acceptors (Lipinski definition) is 2. The van der Waals surface area contributed by atoms with E-state index in [0.717, 1.165) is 19.6 Å². The van der Waals surface area contributed by atoms with Crippen LogP contribution in [0.15, 0.2) is 17.1 Å². The van der Waals surface area contributed by atoms with Crippen molar-refractivity contribution >= 4 is 0 Å². The van der Waals surface area contributed by atoms with Crippen molar-refractivity contribution in [2.75, 3.05) is 13.1 Å². The zero-order chi connectivity index (χ0) is 9.10. The number of aromatic nitrogens is 2. The van der Waals surface area contributed by atoms with E-state index in [9.17, 15) is 4.79 Å². The van der Waals surface area contributed by atoms with Crippen molar-refractivity contribution in [1.82, 2.24) is 15.1 Å². The predicted molar refractivity (Wildman–Crippen MR) is 50.6 cm³/mol. The maximum atomic E-state index is 11.2. The lowest BCUT2D eigenvalue weighted by Gasteiger charge is -2.22. The fourth-order valence-corrected chi connectivity index (χ4v) is 1.83. The van der Waals surface area contributed by atoms with Crippen LogP contribution < -0.4 is 10.9 Å². The van der Waals surface area contributed by atoms with Gasteiger partial charge in [-0.3, -0.25) is 9.48 Å². The summed E-state index contributed by atoms with van der Waals surface area (Å²) in [5, 5.41) is 6.27. The molecule has 0 amide bonds. The van der Waals surface area contributed by atoms with E-state index in [2.05, 4.69) is 10.4 Å². The third kappa shape index (κ3) is 2.01. The quantitative estimate of drug-likeness (QED) is 0.683. The van der Waals surface area contributed by atoms with Crippen LogP contribution >= 0.6 is 0 Å². The van der Waals surface area contributed by atoms with Crippen LogP contribution in [-0.2, 0) is 6.54 Å². The fraction of sp³-hybridized carbons (Fsp3) is 0.667. The molecule has 1 aromatic rings. The summed E-state index contributed by atoms with van der Waals surface area (Å²) in [5.74, 6) is 0.602. The molecule has 0 aliphatic carbocycles. The number of H-pyrrole nitrogens is 1. The van der Waals surface area contributed by atoms with Crippen LogP contribution in [0.3, 0.4) is 0 Å². The third-order valence-corrected chi connectivity index (χ3v) is 2.56. The maximum Gasteiger partial charge on any atom is 0.266 e. The molecule has 1 aliphatic heterocycles. The van der Waals surface area contributed by atoms with Crippen molar-refractivity contribution in [2.24, 2.45) is 5.92 Å². The first-order chi connectivity index (χ1) is 6.36. The molecule has 0 saturated carbocycles. The van der Waals surface area contributed by atoms with Crippen LogP contribution in [0, 0.1) is 5.92 Å². The molecule has 1 saturated heterocycles.